The van der Waals surface area contributed by atoms with Gasteiger partial charge in [0.15, 0.2) is 0 Å². The third-order valence-electron chi connectivity index (χ3n) is 1.97. The Hall–Kier alpha value is -0.120. The Kier molecular flexibility index (Phi) is 3.83. The molecule has 1 fully saturated rings. The SMILES string of the molecule is CC(O)CNN1CCCCC1. The summed E-state index contributed by atoms with van der Waals surface area (Å²) in [5.74, 6) is 0. The quantitative estimate of drug-likeness (QED) is 0.622. The standard InChI is InChI=1S/C8H18N2O/c1-8(11)7-9-10-5-3-2-4-6-10/h8-9,11H,2-7H2,1H3. The number of hydrogen-bond donors (Lipinski definition) is 2. The van der Waals surface area contributed by atoms with E-state index in [1.54, 1.807) is 6.92 Å². The Morgan fingerprint density at radius 3 is 2.55 bits per heavy atom. The molecule has 66 valence electrons. The van der Waals surface area contributed by atoms with Gasteiger partial charge in [-0.25, -0.2) is 5.01 Å². The Balaban J connectivity index is 2.05. The van der Waals surface area contributed by atoms with Crippen LogP contribution >= 0.6 is 0 Å². The van der Waals surface area contributed by atoms with Gasteiger partial charge in [0.25, 0.3) is 0 Å². The van der Waals surface area contributed by atoms with E-state index in [4.69, 9.17) is 5.11 Å². The molecule has 2 N–H and O–H groups in total. The van der Waals surface area contributed by atoms with E-state index in [0.717, 1.165) is 13.1 Å². The van der Waals surface area contributed by atoms with Crippen LogP contribution < -0.4 is 5.43 Å². The van der Waals surface area contributed by atoms with Crippen LogP contribution in [0.1, 0.15) is 26.2 Å². The van der Waals surface area contributed by atoms with Crippen molar-refractivity contribution < 1.29 is 5.11 Å². The van der Waals surface area contributed by atoms with Gasteiger partial charge >= 0.3 is 0 Å². The Morgan fingerprint density at radius 1 is 1.36 bits per heavy atom. The van der Waals surface area contributed by atoms with Gasteiger partial charge in [0.05, 0.1) is 6.10 Å². The van der Waals surface area contributed by atoms with Gasteiger partial charge in [-0.3, -0.25) is 5.43 Å². The van der Waals surface area contributed by atoms with Crippen LogP contribution in [0.4, 0.5) is 0 Å². The fraction of sp³-hybridized carbons (Fsp3) is 1.00. The molecule has 0 aliphatic carbocycles. The normalized spacial score (nSPS) is 23.5. The summed E-state index contributed by atoms with van der Waals surface area (Å²) in [5.41, 5.74) is 3.20. The minimum absolute atomic E-state index is 0.239. The zero-order valence-corrected chi connectivity index (χ0v) is 7.21. The number of rotatable bonds is 3. The Bertz CT molecular complexity index is 100. The second kappa shape index (κ2) is 4.70. The highest BCUT2D eigenvalue weighted by atomic mass is 16.3. The molecule has 11 heavy (non-hydrogen) atoms. The summed E-state index contributed by atoms with van der Waals surface area (Å²) in [6, 6.07) is 0. The summed E-state index contributed by atoms with van der Waals surface area (Å²) in [7, 11) is 0. The third-order valence-corrected chi connectivity index (χ3v) is 1.97. The highest BCUT2D eigenvalue weighted by molar-refractivity contribution is 4.61. The summed E-state index contributed by atoms with van der Waals surface area (Å²) in [5, 5.41) is 11.2. The maximum atomic E-state index is 8.99. The van der Waals surface area contributed by atoms with E-state index in [9.17, 15) is 0 Å². The average Bonchev–Trinajstić information content (AvgIpc) is 2.03. The van der Waals surface area contributed by atoms with Crippen molar-refractivity contribution in [3.8, 4) is 0 Å². The van der Waals surface area contributed by atoms with Crippen LogP contribution in [0.5, 0.6) is 0 Å². The van der Waals surface area contributed by atoms with Crippen LogP contribution in [0, 0.1) is 0 Å². The van der Waals surface area contributed by atoms with Crippen LogP contribution in [0.3, 0.4) is 0 Å². The van der Waals surface area contributed by atoms with Gasteiger partial charge in [-0.1, -0.05) is 6.42 Å². The van der Waals surface area contributed by atoms with Gasteiger partial charge in [0.2, 0.25) is 0 Å². The van der Waals surface area contributed by atoms with Gasteiger partial charge < -0.3 is 5.11 Å². The largest absolute Gasteiger partial charge is 0.392 e. The molecule has 0 saturated carbocycles. The van der Waals surface area contributed by atoms with Crippen LogP contribution in [0.25, 0.3) is 0 Å². The lowest BCUT2D eigenvalue weighted by atomic mass is 10.2. The lowest BCUT2D eigenvalue weighted by Crippen LogP contribution is -2.44. The number of hydrazine groups is 1. The molecule has 1 saturated heterocycles. The first kappa shape index (κ1) is 8.97. The van der Waals surface area contributed by atoms with Crippen molar-refractivity contribution in [2.24, 2.45) is 0 Å². The van der Waals surface area contributed by atoms with Crippen molar-refractivity contribution >= 4 is 0 Å². The molecule has 0 spiro atoms. The minimum atomic E-state index is -0.239. The molecular formula is C8H18N2O. The maximum absolute atomic E-state index is 8.99. The van der Waals surface area contributed by atoms with Crippen molar-refractivity contribution in [3.05, 3.63) is 0 Å². The summed E-state index contributed by atoms with van der Waals surface area (Å²) >= 11 is 0. The highest BCUT2D eigenvalue weighted by Crippen LogP contribution is 2.05. The molecule has 0 aromatic heterocycles. The number of nitrogens with one attached hydrogen (secondary N) is 1. The zero-order valence-electron chi connectivity index (χ0n) is 7.21. The average molecular weight is 158 g/mol. The fourth-order valence-electron chi connectivity index (χ4n) is 1.31. The molecule has 0 bridgehead atoms. The minimum Gasteiger partial charge on any atom is -0.392 e. The van der Waals surface area contributed by atoms with Crippen LogP contribution in [-0.4, -0.2) is 35.9 Å². The summed E-state index contributed by atoms with van der Waals surface area (Å²) in [6.45, 7) is 4.75. The fourth-order valence-corrected chi connectivity index (χ4v) is 1.31. The number of aliphatic hydroxyl groups is 1. The lowest BCUT2D eigenvalue weighted by molar-refractivity contribution is 0.108. The van der Waals surface area contributed by atoms with Crippen molar-refractivity contribution in [1.82, 2.24) is 10.4 Å². The predicted octanol–water partition coefficient (Wildman–Crippen LogP) is 0.358. The molecule has 3 heteroatoms. The molecule has 0 aromatic carbocycles. The first-order chi connectivity index (χ1) is 5.29. The van der Waals surface area contributed by atoms with Crippen molar-refractivity contribution in [2.75, 3.05) is 19.6 Å². The van der Waals surface area contributed by atoms with E-state index in [1.165, 1.54) is 19.3 Å². The summed E-state index contributed by atoms with van der Waals surface area (Å²) in [4.78, 5) is 0. The second-order valence-electron chi connectivity index (χ2n) is 3.26. The summed E-state index contributed by atoms with van der Waals surface area (Å²) in [6.07, 6.45) is 3.68. The van der Waals surface area contributed by atoms with E-state index in [-0.39, 0.29) is 6.10 Å². The van der Waals surface area contributed by atoms with E-state index in [1.807, 2.05) is 0 Å². The van der Waals surface area contributed by atoms with Gasteiger partial charge in [-0.2, -0.15) is 0 Å². The second-order valence-corrected chi connectivity index (χ2v) is 3.26. The van der Waals surface area contributed by atoms with E-state index in [2.05, 4.69) is 10.4 Å². The van der Waals surface area contributed by atoms with Gasteiger partial charge in [0, 0.05) is 19.6 Å². The number of nitrogens with zero attached hydrogens (tertiary/aromatic N) is 1. The molecule has 0 aromatic rings. The van der Waals surface area contributed by atoms with Crippen LogP contribution in [0.2, 0.25) is 0 Å². The Morgan fingerprint density at radius 2 is 2.00 bits per heavy atom. The van der Waals surface area contributed by atoms with E-state index in [0.29, 0.717) is 6.54 Å². The van der Waals surface area contributed by atoms with Crippen molar-refractivity contribution in [1.29, 1.82) is 0 Å². The molecule has 0 amide bonds. The number of aliphatic hydroxyl groups excluding tert-OH is 1. The zero-order chi connectivity index (χ0) is 8.10. The Labute approximate surface area is 68.4 Å². The highest BCUT2D eigenvalue weighted by Gasteiger charge is 2.09. The molecule has 1 heterocycles. The summed E-state index contributed by atoms with van der Waals surface area (Å²) < 4.78 is 0. The van der Waals surface area contributed by atoms with E-state index < -0.39 is 0 Å². The monoisotopic (exact) mass is 158 g/mol. The predicted molar refractivity (Wildman–Crippen MR) is 45.1 cm³/mol. The molecule has 3 nitrogen and oxygen atoms in total. The molecule has 1 unspecified atom stereocenters. The molecule has 1 aliphatic heterocycles. The first-order valence-electron chi connectivity index (χ1n) is 4.45. The molecule has 0 radical (unpaired) electrons. The van der Waals surface area contributed by atoms with Gasteiger partial charge in [0.1, 0.15) is 0 Å². The van der Waals surface area contributed by atoms with E-state index >= 15 is 0 Å². The van der Waals surface area contributed by atoms with Gasteiger partial charge in [-0.15, -0.1) is 0 Å². The number of piperidine rings is 1. The third kappa shape index (κ3) is 3.70. The van der Waals surface area contributed by atoms with Gasteiger partial charge in [-0.05, 0) is 19.8 Å². The maximum Gasteiger partial charge on any atom is 0.0650 e. The smallest absolute Gasteiger partial charge is 0.0650 e. The van der Waals surface area contributed by atoms with Crippen LogP contribution in [-0.2, 0) is 0 Å². The van der Waals surface area contributed by atoms with Crippen LogP contribution in [0.15, 0.2) is 0 Å². The topological polar surface area (TPSA) is 35.5 Å². The van der Waals surface area contributed by atoms with Crippen molar-refractivity contribution in [3.63, 3.8) is 0 Å². The lowest BCUT2D eigenvalue weighted by Gasteiger charge is -2.27. The molecule has 1 atom stereocenters. The number of hydrogen-bond acceptors (Lipinski definition) is 3. The molecule has 1 aliphatic rings. The first-order valence-corrected chi connectivity index (χ1v) is 4.45. The van der Waals surface area contributed by atoms with Crippen molar-refractivity contribution in [2.45, 2.75) is 32.3 Å². The molecule has 1 rings (SSSR count). The molecular weight excluding hydrogens is 140 g/mol.